The second kappa shape index (κ2) is 10.3. The lowest BCUT2D eigenvalue weighted by atomic mass is 10.0. The Morgan fingerprint density at radius 2 is 1.70 bits per heavy atom. The highest BCUT2D eigenvalue weighted by atomic mass is 19.1. The van der Waals surface area contributed by atoms with E-state index < -0.39 is 11.7 Å². The summed E-state index contributed by atoms with van der Waals surface area (Å²) in [5.41, 5.74) is 0.449. The Labute approximate surface area is 158 Å². The molecule has 0 heterocycles. The van der Waals surface area contributed by atoms with Crippen LogP contribution in [0.1, 0.15) is 37.0 Å². The average Bonchev–Trinajstić information content (AvgIpc) is 2.69. The highest BCUT2D eigenvalue weighted by Gasteiger charge is 2.15. The van der Waals surface area contributed by atoms with E-state index in [9.17, 15) is 14.0 Å². The van der Waals surface area contributed by atoms with Gasteiger partial charge in [0.05, 0.1) is 11.3 Å². The van der Waals surface area contributed by atoms with Gasteiger partial charge in [-0.1, -0.05) is 51.0 Å². The Kier molecular flexibility index (Phi) is 7.79. The van der Waals surface area contributed by atoms with Crippen molar-refractivity contribution in [3.8, 4) is 5.75 Å². The molecule has 0 aromatic heterocycles. The highest BCUT2D eigenvalue weighted by Crippen LogP contribution is 2.19. The Hall–Kier alpha value is -2.89. The summed E-state index contributed by atoms with van der Waals surface area (Å²) in [5.74, 6) is -0.539. The van der Waals surface area contributed by atoms with Gasteiger partial charge in [-0.25, -0.2) is 4.39 Å². The third-order valence-electron chi connectivity index (χ3n) is 4.34. The number of hydrogen-bond acceptors (Lipinski definition) is 3. The predicted octanol–water partition coefficient (Wildman–Crippen LogP) is 4.01. The normalized spacial score (nSPS) is 10.5. The fourth-order valence-electron chi connectivity index (χ4n) is 2.58. The summed E-state index contributed by atoms with van der Waals surface area (Å²) >= 11 is 0. The predicted molar refractivity (Wildman–Crippen MR) is 103 cm³/mol. The van der Waals surface area contributed by atoms with Crippen LogP contribution in [0, 0.1) is 11.7 Å². The summed E-state index contributed by atoms with van der Waals surface area (Å²) < 4.78 is 19.1. The topological polar surface area (TPSA) is 67.4 Å². The standard InChI is InChI=1S/C21H25FN2O3/c1-3-15(4-2)13-23-21(26)16-9-5-8-12-19(16)27-14-20(25)24-18-11-7-6-10-17(18)22/h5-12,15H,3-4,13-14H2,1-2H3,(H,23,26)(H,24,25). The van der Waals surface area contributed by atoms with Gasteiger partial charge in [-0.2, -0.15) is 0 Å². The van der Waals surface area contributed by atoms with Gasteiger partial charge in [0.15, 0.2) is 6.61 Å². The quantitative estimate of drug-likeness (QED) is 0.699. The van der Waals surface area contributed by atoms with E-state index in [0.717, 1.165) is 12.8 Å². The number of amides is 2. The Morgan fingerprint density at radius 1 is 1.04 bits per heavy atom. The number of ether oxygens (including phenoxy) is 1. The molecule has 27 heavy (non-hydrogen) atoms. The molecule has 0 aliphatic rings. The molecule has 0 radical (unpaired) electrons. The number of benzene rings is 2. The fraction of sp³-hybridized carbons (Fsp3) is 0.333. The molecule has 5 nitrogen and oxygen atoms in total. The van der Waals surface area contributed by atoms with Crippen molar-refractivity contribution in [3.05, 3.63) is 59.9 Å². The zero-order valence-electron chi connectivity index (χ0n) is 15.6. The van der Waals surface area contributed by atoms with Crippen molar-refractivity contribution in [2.24, 2.45) is 5.92 Å². The lowest BCUT2D eigenvalue weighted by Gasteiger charge is -2.15. The van der Waals surface area contributed by atoms with E-state index in [-0.39, 0.29) is 18.2 Å². The summed E-state index contributed by atoms with van der Waals surface area (Å²) in [4.78, 5) is 24.4. The maximum Gasteiger partial charge on any atom is 0.262 e. The van der Waals surface area contributed by atoms with Crippen LogP contribution in [0.4, 0.5) is 10.1 Å². The number of para-hydroxylation sites is 2. The number of hydrogen-bond donors (Lipinski definition) is 2. The first-order valence-corrected chi connectivity index (χ1v) is 9.09. The molecule has 2 rings (SSSR count). The smallest absolute Gasteiger partial charge is 0.262 e. The van der Waals surface area contributed by atoms with Crippen LogP contribution in [0.15, 0.2) is 48.5 Å². The Bertz CT molecular complexity index is 776. The average molecular weight is 372 g/mol. The molecule has 2 amide bonds. The lowest BCUT2D eigenvalue weighted by molar-refractivity contribution is -0.118. The van der Waals surface area contributed by atoms with Gasteiger partial charge in [-0.05, 0) is 30.2 Å². The van der Waals surface area contributed by atoms with Crippen LogP contribution >= 0.6 is 0 Å². The Morgan fingerprint density at radius 3 is 2.41 bits per heavy atom. The maximum absolute atomic E-state index is 13.6. The number of carbonyl (C=O) groups is 2. The molecule has 6 heteroatoms. The summed E-state index contributed by atoms with van der Waals surface area (Å²) in [5, 5.41) is 5.35. The zero-order chi connectivity index (χ0) is 19.6. The monoisotopic (exact) mass is 372 g/mol. The molecular weight excluding hydrogens is 347 g/mol. The van der Waals surface area contributed by atoms with E-state index in [1.165, 1.54) is 18.2 Å². The minimum Gasteiger partial charge on any atom is -0.483 e. The van der Waals surface area contributed by atoms with Crippen LogP contribution in [0.3, 0.4) is 0 Å². The molecule has 0 fully saturated rings. The van der Waals surface area contributed by atoms with Gasteiger partial charge in [-0.15, -0.1) is 0 Å². The van der Waals surface area contributed by atoms with Gasteiger partial charge in [0.25, 0.3) is 11.8 Å². The van der Waals surface area contributed by atoms with Gasteiger partial charge in [0, 0.05) is 6.54 Å². The minimum absolute atomic E-state index is 0.0855. The second-order valence-corrected chi connectivity index (χ2v) is 6.21. The van der Waals surface area contributed by atoms with Crippen LogP contribution in [0.25, 0.3) is 0 Å². The third-order valence-corrected chi connectivity index (χ3v) is 4.34. The molecule has 0 unspecified atom stereocenters. The van der Waals surface area contributed by atoms with E-state index in [1.807, 2.05) is 0 Å². The Balaban J connectivity index is 1.96. The number of halogens is 1. The van der Waals surface area contributed by atoms with Crippen molar-refractivity contribution < 1.29 is 18.7 Å². The summed E-state index contributed by atoms with van der Waals surface area (Å²) in [6.45, 7) is 4.44. The van der Waals surface area contributed by atoms with Crippen molar-refractivity contribution in [2.75, 3.05) is 18.5 Å². The first-order chi connectivity index (χ1) is 13.0. The van der Waals surface area contributed by atoms with Gasteiger partial charge < -0.3 is 15.4 Å². The van der Waals surface area contributed by atoms with Gasteiger partial charge in [-0.3, -0.25) is 9.59 Å². The van der Waals surface area contributed by atoms with Gasteiger partial charge in [0.2, 0.25) is 0 Å². The molecule has 0 saturated heterocycles. The van der Waals surface area contributed by atoms with Crippen molar-refractivity contribution in [2.45, 2.75) is 26.7 Å². The molecule has 144 valence electrons. The third kappa shape index (κ3) is 6.09. The zero-order valence-corrected chi connectivity index (χ0v) is 15.6. The number of carbonyl (C=O) groups excluding carboxylic acids is 2. The van der Waals surface area contributed by atoms with E-state index >= 15 is 0 Å². The van der Waals surface area contributed by atoms with Crippen LogP contribution < -0.4 is 15.4 Å². The fourth-order valence-corrected chi connectivity index (χ4v) is 2.58. The molecule has 0 aliphatic carbocycles. The van der Waals surface area contributed by atoms with Gasteiger partial charge >= 0.3 is 0 Å². The van der Waals surface area contributed by atoms with E-state index in [2.05, 4.69) is 24.5 Å². The lowest BCUT2D eigenvalue weighted by Crippen LogP contribution is -2.29. The second-order valence-electron chi connectivity index (χ2n) is 6.21. The van der Waals surface area contributed by atoms with Crippen molar-refractivity contribution in [1.82, 2.24) is 5.32 Å². The molecule has 0 saturated carbocycles. The van der Waals surface area contributed by atoms with Crippen LogP contribution in [0.2, 0.25) is 0 Å². The number of anilines is 1. The molecule has 0 spiro atoms. The molecule has 0 bridgehead atoms. The van der Waals surface area contributed by atoms with E-state index in [0.29, 0.717) is 23.8 Å². The van der Waals surface area contributed by atoms with Crippen molar-refractivity contribution in [3.63, 3.8) is 0 Å². The molecule has 2 aromatic rings. The van der Waals surface area contributed by atoms with Gasteiger partial charge in [0.1, 0.15) is 11.6 Å². The summed E-state index contributed by atoms with van der Waals surface area (Å²) in [6.07, 6.45) is 1.98. The van der Waals surface area contributed by atoms with Crippen LogP contribution in [-0.2, 0) is 4.79 Å². The van der Waals surface area contributed by atoms with Crippen molar-refractivity contribution >= 4 is 17.5 Å². The van der Waals surface area contributed by atoms with Crippen LogP contribution in [0.5, 0.6) is 5.75 Å². The molecule has 2 aromatic carbocycles. The van der Waals surface area contributed by atoms with E-state index in [1.54, 1.807) is 30.3 Å². The minimum atomic E-state index is -0.521. The molecule has 0 atom stereocenters. The van der Waals surface area contributed by atoms with Crippen LogP contribution in [-0.4, -0.2) is 25.0 Å². The number of nitrogens with one attached hydrogen (secondary N) is 2. The first kappa shape index (κ1) is 20.4. The molecule has 0 aliphatic heterocycles. The molecule has 2 N–H and O–H groups in total. The van der Waals surface area contributed by atoms with E-state index in [4.69, 9.17) is 4.74 Å². The maximum atomic E-state index is 13.6. The summed E-state index contributed by atoms with van der Waals surface area (Å²) in [6, 6.07) is 12.6. The first-order valence-electron chi connectivity index (χ1n) is 9.09. The SMILES string of the molecule is CCC(CC)CNC(=O)c1ccccc1OCC(=O)Nc1ccccc1F. The number of rotatable bonds is 9. The summed E-state index contributed by atoms with van der Waals surface area (Å²) in [7, 11) is 0. The molecular formula is C21H25FN2O3. The van der Waals surface area contributed by atoms with Crippen molar-refractivity contribution in [1.29, 1.82) is 0 Å². The highest BCUT2D eigenvalue weighted by molar-refractivity contribution is 5.97. The largest absolute Gasteiger partial charge is 0.483 e.